The van der Waals surface area contributed by atoms with E-state index in [4.69, 9.17) is 4.74 Å². The number of hydrogen-bond acceptors (Lipinski definition) is 6. The molecule has 33 heavy (non-hydrogen) atoms. The summed E-state index contributed by atoms with van der Waals surface area (Å²) < 4.78 is 6.07. The summed E-state index contributed by atoms with van der Waals surface area (Å²) in [6.07, 6.45) is 3.25. The highest BCUT2D eigenvalue weighted by Gasteiger charge is 2.78. The zero-order valence-corrected chi connectivity index (χ0v) is 19.7. The first-order valence-electron chi connectivity index (χ1n) is 12.0. The predicted octanol–water partition coefficient (Wildman–Crippen LogP) is 3.55. The van der Waals surface area contributed by atoms with Gasteiger partial charge in [-0.15, -0.1) is 0 Å². The van der Waals surface area contributed by atoms with Crippen LogP contribution in [0.4, 0.5) is 5.69 Å². The molecule has 0 unspecified atom stereocenters. The fourth-order valence-electron chi connectivity index (χ4n) is 8.10. The second-order valence-corrected chi connectivity index (χ2v) is 12.0. The van der Waals surface area contributed by atoms with Crippen LogP contribution in [-0.2, 0) is 10.2 Å². The van der Waals surface area contributed by atoms with Crippen LogP contribution in [-0.4, -0.2) is 51.8 Å². The van der Waals surface area contributed by atoms with Gasteiger partial charge >= 0.3 is 0 Å². The highest BCUT2D eigenvalue weighted by Crippen LogP contribution is 2.68. The molecule has 4 atom stereocenters. The summed E-state index contributed by atoms with van der Waals surface area (Å²) in [7, 11) is 0. The molecule has 1 aromatic carbocycles. The second kappa shape index (κ2) is 6.14. The zero-order chi connectivity index (χ0) is 23.6. The molecular weight excluding hydrogens is 422 g/mol. The number of nitro groups is 1. The summed E-state index contributed by atoms with van der Waals surface area (Å²) in [5.74, 6) is -0.0270. The normalized spacial score (nSPS) is 37.7. The molecule has 8 heteroatoms. The van der Waals surface area contributed by atoms with Gasteiger partial charge in [0.05, 0.1) is 29.6 Å². The molecule has 3 fully saturated rings. The first kappa shape index (κ1) is 21.1. The van der Waals surface area contributed by atoms with Crippen molar-refractivity contribution in [1.29, 1.82) is 0 Å². The van der Waals surface area contributed by atoms with Crippen molar-refractivity contribution in [2.45, 2.75) is 82.4 Å². The fourth-order valence-corrected chi connectivity index (χ4v) is 8.10. The van der Waals surface area contributed by atoms with Gasteiger partial charge in [0.15, 0.2) is 5.78 Å². The molecule has 1 amide bonds. The molecule has 4 aliphatic heterocycles. The number of carbonyl (C=O) groups is 2. The van der Waals surface area contributed by atoms with Crippen LogP contribution in [0.25, 0.3) is 0 Å². The van der Waals surface area contributed by atoms with Gasteiger partial charge < -0.3 is 10.1 Å². The van der Waals surface area contributed by atoms with Crippen molar-refractivity contribution in [3.05, 3.63) is 33.4 Å². The van der Waals surface area contributed by atoms with Crippen LogP contribution in [0.5, 0.6) is 5.75 Å². The number of rotatable bonds is 1. The van der Waals surface area contributed by atoms with E-state index >= 15 is 0 Å². The number of nitrogens with one attached hydrogen (secondary N) is 1. The maximum atomic E-state index is 13.8. The summed E-state index contributed by atoms with van der Waals surface area (Å²) in [5, 5.41) is 15.7. The van der Waals surface area contributed by atoms with Crippen LogP contribution < -0.4 is 10.1 Å². The molecule has 6 rings (SSSR count). The number of Topliss-reactive ketones (excluding diaryl/α,β-unsaturated/α-hetero) is 1. The van der Waals surface area contributed by atoms with E-state index in [9.17, 15) is 19.7 Å². The van der Waals surface area contributed by atoms with Gasteiger partial charge in [-0.25, -0.2) is 0 Å². The molecule has 0 bridgehead atoms. The van der Waals surface area contributed by atoms with E-state index in [1.165, 1.54) is 0 Å². The summed E-state index contributed by atoms with van der Waals surface area (Å²) in [6.45, 7) is 9.09. The Bertz CT molecular complexity index is 1130. The van der Waals surface area contributed by atoms with Crippen LogP contribution in [0.2, 0.25) is 0 Å². The Hall–Kier alpha value is -2.48. The molecular formula is C25H31N3O5. The van der Waals surface area contributed by atoms with Crippen molar-refractivity contribution < 1.29 is 19.2 Å². The quantitative estimate of drug-likeness (QED) is 0.515. The Morgan fingerprint density at radius 3 is 2.70 bits per heavy atom. The Balaban J connectivity index is 1.54. The SMILES string of the molecule is CC1(C)CC(=O)c2c(ccc3c2NC(=O)[C@@]32C[C@]3([N+](=O)[O-])CN4CCC[C@H]4C[C@@H]3C2(C)C)O1. The number of piperidine rings is 1. The van der Waals surface area contributed by atoms with Gasteiger partial charge in [0.25, 0.3) is 0 Å². The zero-order valence-electron chi connectivity index (χ0n) is 19.7. The number of ketones is 1. The van der Waals surface area contributed by atoms with Crippen molar-refractivity contribution in [3.63, 3.8) is 0 Å². The average molecular weight is 454 g/mol. The largest absolute Gasteiger partial charge is 0.487 e. The number of anilines is 1. The van der Waals surface area contributed by atoms with Crippen molar-refractivity contribution in [2.24, 2.45) is 11.3 Å². The van der Waals surface area contributed by atoms with Crippen molar-refractivity contribution in [2.75, 3.05) is 18.4 Å². The van der Waals surface area contributed by atoms with Gasteiger partial charge in [-0.05, 0) is 56.7 Å². The number of amides is 1. The summed E-state index contributed by atoms with van der Waals surface area (Å²) in [4.78, 5) is 41.9. The molecule has 4 heterocycles. The lowest BCUT2D eigenvalue weighted by molar-refractivity contribution is -0.584. The van der Waals surface area contributed by atoms with Gasteiger partial charge in [-0.3, -0.25) is 24.6 Å². The lowest BCUT2D eigenvalue weighted by Gasteiger charge is -2.45. The monoisotopic (exact) mass is 453 g/mol. The molecule has 1 aliphatic carbocycles. The number of nitrogens with zero attached hydrogens (tertiary/aromatic N) is 2. The third-order valence-corrected chi connectivity index (χ3v) is 9.54. The number of fused-ring (bicyclic) bond motifs is 6. The molecule has 1 spiro atoms. The first-order valence-corrected chi connectivity index (χ1v) is 12.0. The number of hydrogen-bond donors (Lipinski definition) is 1. The summed E-state index contributed by atoms with van der Waals surface area (Å²) in [6, 6.07) is 4.00. The maximum absolute atomic E-state index is 13.8. The minimum atomic E-state index is -1.18. The van der Waals surface area contributed by atoms with Gasteiger partial charge in [-0.1, -0.05) is 19.9 Å². The van der Waals surface area contributed by atoms with E-state index < -0.39 is 22.0 Å². The lowest BCUT2D eigenvalue weighted by atomic mass is 9.60. The van der Waals surface area contributed by atoms with Crippen molar-refractivity contribution >= 4 is 17.4 Å². The van der Waals surface area contributed by atoms with Crippen molar-refractivity contribution in [3.8, 4) is 5.75 Å². The Morgan fingerprint density at radius 2 is 1.97 bits per heavy atom. The number of carbonyl (C=O) groups excluding carboxylic acids is 2. The van der Waals surface area contributed by atoms with Crippen LogP contribution >= 0.6 is 0 Å². The smallest absolute Gasteiger partial charge is 0.239 e. The van der Waals surface area contributed by atoms with Crippen LogP contribution in [0, 0.1) is 21.4 Å². The molecule has 0 radical (unpaired) electrons. The second-order valence-electron chi connectivity index (χ2n) is 12.0. The Morgan fingerprint density at radius 1 is 1.21 bits per heavy atom. The van der Waals surface area contributed by atoms with Gasteiger partial charge in [-0.2, -0.15) is 0 Å². The third kappa shape index (κ3) is 2.40. The molecule has 8 nitrogen and oxygen atoms in total. The summed E-state index contributed by atoms with van der Waals surface area (Å²) in [5.41, 5.74) is -1.84. The standard InChI is InChI=1S/C25H31N3O5/c1-22(2)11-16(29)19-17(33-22)8-7-15-20(19)26-21(30)25(15)12-24(28(31)32)13-27-9-5-6-14(27)10-18(24)23(25,3)4/h7-8,14,18H,5-6,9-13H2,1-4H3,(H,26,30)/t14-,18+,24-,25+/m0/s1. The predicted molar refractivity (Wildman–Crippen MR) is 121 cm³/mol. The van der Waals surface area contributed by atoms with Gasteiger partial charge in [0, 0.05) is 23.3 Å². The van der Waals surface area contributed by atoms with E-state index in [2.05, 4.69) is 10.2 Å². The van der Waals surface area contributed by atoms with E-state index in [1.807, 2.05) is 33.8 Å². The number of benzene rings is 1. The molecule has 1 aromatic rings. The van der Waals surface area contributed by atoms with Crippen LogP contribution in [0.15, 0.2) is 12.1 Å². The molecule has 5 aliphatic rings. The third-order valence-electron chi connectivity index (χ3n) is 9.54. The van der Waals surface area contributed by atoms with Crippen LogP contribution in [0.3, 0.4) is 0 Å². The highest BCUT2D eigenvalue weighted by molar-refractivity contribution is 6.15. The minimum Gasteiger partial charge on any atom is -0.487 e. The summed E-state index contributed by atoms with van der Waals surface area (Å²) >= 11 is 0. The molecule has 1 saturated carbocycles. The number of ether oxygens (including phenoxy) is 1. The highest BCUT2D eigenvalue weighted by atomic mass is 16.6. The van der Waals surface area contributed by atoms with Gasteiger partial charge in [0.1, 0.15) is 11.4 Å². The molecule has 176 valence electrons. The fraction of sp³-hybridized carbons (Fsp3) is 0.680. The average Bonchev–Trinajstić information content (AvgIpc) is 3.33. The van der Waals surface area contributed by atoms with Crippen LogP contribution in [0.1, 0.15) is 75.7 Å². The van der Waals surface area contributed by atoms with Crippen molar-refractivity contribution in [1.82, 2.24) is 4.90 Å². The topological polar surface area (TPSA) is 102 Å². The Kier molecular flexibility index (Phi) is 3.92. The molecule has 2 saturated heterocycles. The minimum absolute atomic E-state index is 0.0618. The van der Waals surface area contributed by atoms with E-state index in [0.29, 0.717) is 29.6 Å². The maximum Gasteiger partial charge on any atom is 0.239 e. The lowest BCUT2D eigenvalue weighted by Crippen LogP contribution is -2.59. The van der Waals surface area contributed by atoms with E-state index in [0.717, 1.165) is 31.4 Å². The van der Waals surface area contributed by atoms with Gasteiger partial charge in [0.2, 0.25) is 11.4 Å². The Labute approximate surface area is 193 Å². The molecule has 1 N–H and O–H groups in total. The molecule has 0 aromatic heterocycles. The van der Waals surface area contributed by atoms with E-state index in [1.54, 1.807) is 6.07 Å². The first-order chi connectivity index (χ1) is 15.4. The van der Waals surface area contributed by atoms with E-state index in [-0.39, 0.29) is 35.4 Å².